The third-order valence-corrected chi connectivity index (χ3v) is 6.17. The van der Waals surface area contributed by atoms with Gasteiger partial charge in [0.1, 0.15) is 6.61 Å². The lowest BCUT2D eigenvalue weighted by Gasteiger charge is -2.31. The van der Waals surface area contributed by atoms with Crippen LogP contribution in [0.3, 0.4) is 0 Å². The van der Waals surface area contributed by atoms with E-state index in [0.717, 1.165) is 48.7 Å². The fourth-order valence-electron chi connectivity index (χ4n) is 4.64. The number of aromatic nitrogens is 2. The summed E-state index contributed by atoms with van der Waals surface area (Å²) in [5, 5.41) is 4.36. The molecular weight excluding hydrogens is 408 g/mol. The number of hydrogen-bond donors (Lipinski definition) is 0. The molecule has 32 heavy (non-hydrogen) atoms. The van der Waals surface area contributed by atoms with E-state index in [9.17, 15) is 4.79 Å². The van der Waals surface area contributed by atoms with E-state index in [1.807, 2.05) is 44.1 Å². The van der Waals surface area contributed by atoms with Gasteiger partial charge in [-0.25, -0.2) is 0 Å². The average molecular weight is 443 g/mol. The Morgan fingerprint density at radius 1 is 1.25 bits per heavy atom. The summed E-state index contributed by atoms with van der Waals surface area (Å²) in [6.07, 6.45) is 4.00. The molecule has 1 saturated heterocycles. The Labute approximate surface area is 190 Å². The number of rotatable bonds is 3. The molecule has 2 aromatic rings. The number of nitrogens with zero attached hydrogens (tertiary/aromatic N) is 4. The fraction of sp³-hybridized carbons (Fsp3) is 0.583. The molecule has 1 aromatic carbocycles. The second kappa shape index (κ2) is 10.4. The number of carbonyl (C=O) groups is 1. The Kier molecular flexibility index (Phi) is 7.32. The normalized spacial score (nSPS) is 20.3. The van der Waals surface area contributed by atoms with Crippen LogP contribution in [0.4, 0.5) is 0 Å². The van der Waals surface area contributed by atoms with Crippen molar-refractivity contribution in [1.82, 2.24) is 19.6 Å². The lowest BCUT2D eigenvalue weighted by Crippen LogP contribution is -2.44. The molecule has 1 atom stereocenters. The third kappa shape index (κ3) is 5.07. The van der Waals surface area contributed by atoms with E-state index in [1.165, 1.54) is 0 Å². The Hall–Kier alpha value is -2.58. The molecule has 1 aromatic heterocycles. The highest BCUT2D eigenvalue weighted by atomic mass is 16.5. The van der Waals surface area contributed by atoms with E-state index in [0.29, 0.717) is 51.1 Å². The summed E-state index contributed by atoms with van der Waals surface area (Å²) in [6, 6.07) is 6.38. The van der Waals surface area contributed by atoms with Crippen LogP contribution in [0.15, 0.2) is 24.4 Å². The van der Waals surface area contributed by atoms with Gasteiger partial charge in [-0.15, -0.1) is 0 Å². The van der Waals surface area contributed by atoms with Crippen molar-refractivity contribution in [3.63, 3.8) is 0 Å². The molecule has 174 valence electrons. The van der Waals surface area contributed by atoms with Crippen LogP contribution in [0.5, 0.6) is 11.5 Å². The summed E-state index contributed by atoms with van der Waals surface area (Å²) in [5.41, 5.74) is 2.54. The fourth-order valence-corrected chi connectivity index (χ4v) is 4.64. The van der Waals surface area contributed by atoms with Crippen molar-refractivity contribution < 1.29 is 19.0 Å². The minimum atomic E-state index is 0.0243. The Bertz CT molecular complexity index is 929. The van der Waals surface area contributed by atoms with Crippen molar-refractivity contribution in [3.05, 3.63) is 41.2 Å². The van der Waals surface area contributed by atoms with Gasteiger partial charge in [-0.2, -0.15) is 5.10 Å². The molecule has 0 bridgehead atoms. The van der Waals surface area contributed by atoms with Crippen molar-refractivity contribution in [2.45, 2.75) is 39.3 Å². The van der Waals surface area contributed by atoms with Crippen LogP contribution >= 0.6 is 0 Å². The number of hydrogen-bond acceptors (Lipinski definition) is 6. The minimum Gasteiger partial charge on any atom is -0.490 e. The monoisotopic (exact) mass is 442 g/mol. The number of aryl methyl sites for hydroxylation is 2. The first-order valence-corrected chi connectivity index (χ1v) is 11.6. The maximum absolute atomic E-state index is 13.4. The Morgan fingerprint density at radius 3 is 2.91 bits per heavy atom. The zero-order chi connectivity index (χ0) is 22.5. The summed E-state index contributed by atoms with van der Waals surface area (Å²) in [7, 11) is 1.85. The summed E-state index contributed by atoms with van der Waals surface area (Å²) in [5.74, 6) is 1.61. The van der Waals surface area contributed by atoms with E-state index >= 15 is 0 Å². The van der Waals surface area contributed by atoms with Crippen LogP contribution in [0, 0.1) is 6.92 Å². The van der Waals surface area contributed by atoms with Crippen molar-refractivity contribution in [3.8, 4) is 11.5 Å². The Balaban J connectivity index is 1.59. The van der Waals surface area contributed by atoms with E-state index in [4.69, 9.17) is 14.2 Å². The second-order valence-corrected chi connectivity index (χ2v) is 8.46. The molecule has 2 aliphatic rings. The summed E-state index contributed by atoms with van der Waals surface area (Å²) < 4.78 is 19.5. The molecule has 8 nitrogen and oxygen atoms in total. The molecule has 8 heteroatoms. The molecule has 1 amide bonds. The van der Waals surface area contributed by atoms with Crippen molar-refractivity contribution >= 4 is 5.91 Å². The van der Waals surface area contributed by atoms with E-state index in [2.05, 4.69) is 16.1 Å². The lowest BCUT2D eigenvalue weighted by molar-refractivity contribution is 0.0538. The van der Waals surface area contributed by atoms with E-state index in [-0.39, 0.29) is 5.91 Å². The first kappa shape index (κ1) is 22.6. The minimum absolute atomic E-state index is 0.0243. The van der Waals surface area contributed by atoms with Crippen molar-refractivity contribution in [1.29, 1.82) is 0 Å². The van der Waals surface area contributed by atoms with Crippen molar-refractivity contribution in [2.75, 3.05) is 46.1 Å². The van der Waals surface area contributed by atoms with Gasteiger partial charge in [-0.3, -0.25) is 14.4 Å². The molecule has 1 fully saturated rings. The lowest BCUT2D eigenvalue weighted by atomic mass is 10.1. The van der Waals surface area contributed by atoms with E-state index in [1.54, 1.807) is 4.68 Å². The summed E-state index contributed by atoms with van der Waals surface area (Å²) in [4.78, 5) is 17.8. The number of fused-ring (bicyclic) bond motifs is 2. The second-order valence-electron chi connectivity index (χ2n) is 8.46. The molecular formula is C24H34N4O4. The zero-order valence-electron chi connectivity index (χ0n) is 19.4. The molecule has 3 heterocycles. The largest absolute Gasteiger partial charge is 0.490 e. The van der Waals surface area contributed by atoms with Gasteiger partial charge in [0.25, 0.3) is 5.91 Å². The average Bonchev–Trinajstić information content (AvgIpc) is 3.35. The van der Waals surface area contributed by atoms with Crippen LogP contribution < -0.4 is 9.47 Å². The molecule has 0 saturated carbocycles. The molecule has 2 aliphatic heterocycles. The molecule has 0 unspecified atom stereocenters. The van der Waals surface area contributed by atoms with Gasteiger partial charge in [-0.1, -0.05) is 12.1 Å². The number of benzene rings is 1. The highest BCUT2D eigenvalue weighted by Crippen LogP contribution is 2.34. The smallest absolute Gasteiger partial charge is 0.257 e. The van der Waals surface area contributed by atoms with Gasteiger partial charge < -0.3 is 19.1 Å². The predicted molar refractivity (Wildman–Crippen MR) is 121 cm³/mol. The first-order chi connectivity index (χ1) is 15.6. The van der Waals surface area contributed by atoms with Gasteiger partial charge in [-0.05, 0) is 39.3 Å². The Morgan fingerprint density at radius 2 is 2.12 bits per heavy atom. The van der Waals surface area contributed by atoms with Crippen LogP contribution in [-0.2, 0) is 18.3 Å². The third-order valence-electron chi connectivity index (χ3n) is 6.17. The number of amides is 1. The van der Waals surface area contributed by atoms with Gasteiger partial charge in [0.05, 0.1) is 31.1 Å². The highest BCUT2D eigenvalue weighted by molar-refractivity contribution is 5.95. The molecule has 0 spiro atoms. The highest BCUT2D eigenvalue weighted by Gasteiger charge is 2.30. The molecule has 0 radical (unpaired) electrons. The van der Waals surface area contributed by atoms with Gasteiger partial charge in [0.2, 0.25) is 0 Å². The van der Waals surface area contributed by atoms with Crippen LogP contribution in [0.2, 0.25) is 0 Å². The van der Waals surface area contributed by atoms with Gasteiger partial charge in [0.15, 0.2) is 11.5 Å². The maximum atomic E-state index is 13.4. The molecule has 0 N–H and O–H groups in total. The maximum Gasteiger partial charge on any atom is 0.257 e. The van der Waals surface area contributed by atoms with Crippen LogP contribution in [0.1, 0.15) is 41.4 Å². The van der Waals surface area contributed by atoms with Gasteiger partial charge >= 0.3 is 0 Å². The SMILES string of the molecule is CCOc1cccc2c1OCCOCCN(C(=O)c1cn(C)nc1C)C[C@@H]1CCCN1C2. The van der Waals surface area contributed by atoms with E-state index < -0.39 is 0 Å². The number of para-hydroxylation sites is 1. The predicted octanol–water partition coefficient (Wildman–Crippen LogP) is 2.64. The molecule has 4 rings (SSSR count). The summed E-state index contributed by atoms with van der Waals surface area (Å²) >= 11 is 0. The van der Waals surface area contributed by atoms with Crippen molar-refractivity contribution in [2.24, 2.45) is 7.05 Å². The standard InChI is InChI=1S/C24H34N4O4/c1-4-31-22-9-5-7-19-15-27-10-6-8-20(27)16-28(11-12-30-13-14-32-23(19)22)24(29)21-17-26(3)25-18(21)2/h5,7,9,17,20H,4,6,8,10-16H2,1-3H3/t20-/m0/s1. The zero-order valence-corrected chi connectivity index (χ0v) is 19.4. The first-order valence-electron chi connectivity index (χ1n) is 11.6. The van der Waals surface area contributed by atoms with Crippen LogP contribution in [0.25, 0.3) is 0 Å². The summed E-state index contributed by atoms with van der Waals surface area (Å²) in [6.45, 7) is 8.84. The number of carbonyl (C=O) groups excluding carboxylic acids is 1. The van der Waals surface area contributed by atoms with Crippen LogP contribution in [-0.4, -0.2) is 77.6 Å². The topological polar surface area (TPSA) is 69.1 Å². The molecule has 0 aliphatic carbocycles. The van der Waals surface area contributed by atoms with Gasteiger partial charge in [0, 0.05) is 44.5 Å². The number of ether oxygens (including phenoxy) is 3. The quantitative estimate of drug-likeness (QED) is 0.728.